The smallest absolute Gasteiger partial charge is 0.390 e. The first kappa shape index (κ1) is 29.8. The summed E-state index contributed by atoms with van der Waals surface area (Å²) in [5.41, 5.74) is -1.31. The summed E-state index contributed by atoms with van der Waals surface area (Å²) in [6, 6.07) is 0. The lowest BCUT2D eigenvalue weighted by atomic mass is 10.2. The van der Waals surface area contributed by atoms with Gasteiger partial charge in [-0.3, -0.25) is 18.9 Å². The lowest BCUT2D eigenvalue weighted by molar-refractivity contribution is -0.0450. The Kier molecular flexibility index (Phi) is 10.4. The zero-order valence-corrected chi connectivity index (χ0v) is 20.9. The van der Waals surface area contributed by atoms with E-state index < -0.39 is 59.8 Å². The van der Waals surface area contributed by atoms with Crippen molar-refractivity contribution < 1.29 is 56.3 Å². The average molecular weight is 562 g/mol. The molecule has 1 fully saturated rings. The number of phosphoric acid groups is 3. The third kappa shape index (κ3) is 9.86. The van der Waals surface area contributed by atoms with E-state index in [0.717, 1.165) is 17.4 Å². The zero-order chi connectivity index (χ0) is 26.4. The fourth-order valence-corrected chi connectivity index (χ4v) is 5.91. The summed E-state index contributed by atoms with van der Waals surface area (Å²) < 4.78 is 51.9. The summed E-state index contributed by atoms with van der Waals surface area (Å²) >= 11 is 0. The molecule has 3 unspecified atom stereocenters. The zero-order valence-electron chi connectivity index (χ0n) is 18.3. The van der Waals surface area contributed by atoms with Crippen LogP contribution in [0.25, 0.3) is 0 Å². The highest BCUT2D eigenvalue weighted by Gasteiger charge is 2.43. The van der Waals surface area contributed by atoms with E-state index in [4.69, 9.17) is 19.4 Å². The van der Waals surface area contributed by atoms with Gasteiger partial charge in [-0.2, -0.15) is 8.62 Å². The first-order valence-electron chi connectivity index (χ1n) is 10.0. The van der Waals surface area contributed by atoms with Crippen LogP contribution in [0.2, 0.25) is 0 Å². The molecule has 1 saturated heterocycles. The van der Waals surface area contributed by atoms with Crippen LogP contribution in [0.5, 0.6) is 0 Å². The summed E-state index contributed by atoms with van der Waals surface area (Å²) in [5, 5.41) is 10.2. The lowest BCUT2D eigenvalue weighted by Gasteiger charge is -2.19. The second kappa shape index (κ2) is 12.2. The maximum absolute atomic E-state index is 12.2. The van der Waals surface area contributed by atoms with Crippen molar-refractivity contribution in [3.8, 4) is 11.8 Å². The van der Waals surface area contributed by atoms with Crippen LogP contribution in [-0.4, -0.2) is 53.0 Å². The second-order valence-corrected chi connectivity index (χ2v) is 11.7. The van der Waals surface area contributed by atoms with Crippen molar-refractivity contribution in [3.63, 3.8) is 0 Å². The van der Waals surface area contributed by atoms with Crippen LogP contribution in [-0.2, 0) is 38.0 Å². The number of aromatic nitrogens is 2. The van der Waals surface area contributed by atoms with E-state index in [1.54, 1.807) is 0 Å². The Balaban J connectivity index is 2.06. The molecule has 1 aromatic rings. The molecule has 0 radical (unpaired) electrons. The summed E-state index contributed by atoms with van der Waals surface area (Å²) in [4.78, 5) is 62.1. The van der Waals surface area contributed by atoms with Crippen molar-refractivity contribution in [2.75, 3.05) is 6.61 Å². The number of nitrogens with zero attached hydrogens (tertiary/aromatic N) is 1. The van der Waals surface area contributed by atoms with Gasteiger partial charge in [-0.15, -0.1) is 5.92 Å². The molecule has 0 saturated carbocycles. The first-order valence-corrected chi connectivity index (χ1v) is 14.6. The van der Waals surface area contributed by atoms with Crippen molar-refractivity contribution >= 4 is 23.5 Å². The summed E-state index contributed by atoms with van der Waals surface area (Å²) in [6.07, 6.45) is -0.188. The Labute approximate surface area is 198 Å². The highest BCUT2D eigenvalue weighted by Crippen LogP contribution is 2.66. The van der Waals surface area contributed by atoms with Gasteiger partial charge in [0.05, 0.1) is 12.7 Å². The molecule has 198 valence electrons. The third-order valence-electron chi connectivity index (χ3n) is 4.43. The van der Waals surface area contributed by atoms with Crippen LogP contribution in [0, 0.1) is 11.8 Å². The molecule has 0 amide bonds. The SMILES string of the molecule is CCCCC#CCc1cn([C@H]2C[C@@H](O)C(COP(=O)(O)OP(=O)(O)OP(=O)(O)O)O2)c(=O)[nH]c1=O. The van der Waals surface area contributed by atoms with Gasteiger partial charge in [0.2, 0.25) is 0 Å². The average Bonchev–Trinajstić information content (AvgIpc) is 3.05. The number of ether oxygens (including phenoxy) is 1. The van der Waals surface area contributed by atoms with Crippen molar-refractivity contribution in [2.24, 2.45) is 0 Å². The Hall–Kier alpha value is -1.43. The highest BCUT2D eigenvalue weighted by molar-refractivity contribution is 7.66. The largest absolute Gasteiger partial charge is 0.490 e. The predicted molar refractivity (Wildman–Crippen MR) is 117 cm³/mol. The molecule has 1 aliphatic rings. The van der Waals surface area contributed by atoms with Gasteiger partial charge in [-0.25, -0.2) is 18.5 Å². The molecule has 35 heavy (non-hydrogen) atoms. The third-order valence-corrected chi connectivity index (χ3v) is 8.24. The van der Waals surface area contributed by atoms with Gasteiger partial charge in [-0.05, 0) is 6.42 Å². The Morgan fingerprint density at radius 1 is 1.14 bits per heavy atom. The minimum atomic E-state index is -5.70. The summed E-state index contributed by atoms with van der Waals surface area (Å²) in [7, 11) is -16.7. The molecule has 2 rings (SSSR count). The maximum atomic E-state index is 12.2. The van der Waals surface area contributed by atoms with Gasteiger partial charge in [0.15, 0.2) is 0 Å². The topological polar surface area (TPSA) is 244 Å². The van der Waals surface area contributed by atoms with Crippen LogP contribution < -0.4 is 11.2 Å². The van der Waals surface area contributed by atoms with Gasteiger partial charge in [0, 0.05) is 31.0 Å². The fourth-order valence-electron chi connectivity index (χ4n) is 2.89. The molecule has 5 atom stereocenters. The second-order valence-electron chi connectivity index (χ2n) is 7.27. The monoisotopic (exact) mass is 562 g/mol. The highest BCUT2D eigenvalue weighted by atomic mass is 31.3. The van der Waals surface area contributed by atoms with Crippen molar-refractivity contribution in [3.05, 3.63) is 32.6 Å². The molecule has 0 aliphatic carbocycles. The number of nitrogens with one attached hydrogen (secondary N) is 1. The number of phosphoric ester groups is 1. The van der Waals surface area contributed by atoms with E-state index in [0.29, 0.717) is 6.42 Å². The molecule has 0 spiro atoms. The summed E-state index contributed by atoms with van der Waals surface area (Å²) in [6.45, 7) is 1.12. The number of unbranched alkanes of at least 4 members (excludes halogenated alkanes) is 2. The quantitative estimate of drug-likeness (QED) is 0.120. The van der Waals surface area contributed by atoms with Crippen molar-refractivity contribution in [2.45, 2.75) is 57.5 Å². The van der Waals surface area contributed by atoms with Gasteiger partial charge >= 0.3 is 29.2 Å². The maximum Gasteiger partial charge on any atom is 0.490 e. The van der Waals surface area contributed by atoms with Gasteiger partial charge in [0.1, 0.15) is 12.3 Å². The standard InChI is InChI=1S/C16H25N2O14P3/c1-2-3-4-5-6-7-11-9-18(16(21)17-15(11)20)14-8-12(19)13(30-14)10-29-34(25,26)32-35(27,28)31-33(22,23)24/h9,12-14,19H,2-4,7-8,10H2,1H3,(H,25,26)(H,27,28)(H,17,20,21)(H2,22,23,24)/t12-,13?,14-/m1/s1. The van der Waals surface area contributed by atoms with Gasteiger partial charge in [-0.1, -0.05) is 19.3 Å². The number of hydrogen-bond donors (Lipinski definition) is 6. The van der Waals surface area contributed by atoms with E-state index in [1.165, 1.54) is 6.20 Å². The number of aromatic amines is 1. The van der Waals surface area contributed by atoms with Crippen LogP contribution in [0.4, 0.5) is 0 Å². The minimum absolute atomic E-state index is 0.0596. The number of aliphatic hydroxyl groups excluding tert-OH is 1. The molecule has 0 bridgehead atoms. The number of hydrogen-bond acceptors (Lipinski definition) is 10. The van der Waals surface area contributed by atoms with Crippen LogP contribution in [0.1, 0.15) is 44.4 Å². The van der Waals surface area contributed by atoms with Crippen molar-refractivity contribution in [1.82, 2.24) is 9.55 Å². The number of rotatable bonds is 11. The van der Waals surface area contributed by atoms with E-state index in [1.807, 2.05) is 6.92 Å². The molecule has 16 nitrogen and oxygen atoms in total. The summed E-state index contributed by atoms with van der Waals surface area (Å²) in [5.74, 6) is 5.74. The van der Waals surface area contributed by atoms with Crippen LogP contribution in [0.15, 0.2) is 15.8 Å². The van der Waals surface area contributed by atoms with E-state index in [9.17, 15) is 33.3 Å². The number of aliphatic hydroxyl groups is 1. The van der Waals surface area contributed by atoms with E-state index in [2.05, 4.69) is 30.0 Å². The normalized spacial score (nSPS) is 23.8. The molecular formula is C16H25N2O14P3. The molecule has 1 aliphatic heterocycles. The van der Waals surface area contributed by atoms with Gasteiger partial charge in [0.25, 0.3) is 5.56 Å². The minimum Gasteiger partial charge on any atom is -0.390 e. The van der Waals surface area contributed by atoms with E-state index in [-0.39, 0.29) is 18.4 Å². The Bertz CT molecular complexity index is 1210. The lowest BCUT2D eigenvalue weighted by Crippen LogP contribution is -2.34. The van der Waals surface area contributed by atoms with Gasteiger partial charge < -0.3 is 29.4 Å². The Morgan fingerprint density at radius 3 is 2.46 bits per heavy atom. The number of H-pyrrole nitrogens is 1. The fraction of sp³-hybridized carbons (Fsp3) is 0.625. The molecule has 0 aromatic carbocycles. The van der Waals surface area contributed by atoms with Crippen molar-refractivity contribution in [1.29, 1.82) is 0 Å². The predicted octanol–water partition coefficient (Wildman–Crippen LogP) is 0.264. The molecule has 6 N–H and O–H groups in total. The van der Waals surface area contributed by atoms with E-state index >= 15 is 0 Å². The van der Waals surface area contributed by atoms with Crippen LogP contribution in [0.3, 0.4) is 0 Å². The molecule has 1 aromatic heterocycles. The Morgan fingerprint density at radius 2 is 1.83 bits per heavy atom. The van der Waals surface area contributed by atoms with Crippen LogP contribution >= 0.6 is 23.5 Å². The molecule has 19 heteroatoms. The molecular weight excluding hydrogens is 537 g/mol. The molecule has 2 heterocycles. The first-order chi connectivity index (χ1) is 16.1.